The zero-order valence-electron chi connectivity index (χ0n) is 26.6. The van der Waals surface area contributed by atoms with Gasteiger partial charge in [0, 0.05) is 17.8 Å². The van der Waals surface area contributed by atoms with Crippen molar-refractivity contribution in [2.24, 2.45) is 4.99 Å². The molecule has 13 nitrogen and oxygen atoms in total. The molecule has 0 bridgehead atoms. The number of hydrogen-bond acceptors (Lipinski definition) is 11. The van der Waals surface area contributed by atoms with Crippen LogP contribution in [0, 0.1) is 10.1 Å². The van der Waals surface area contributed by atoms with Gasteiger partial charge in [0.2, 0.25) is 0 Å². The molecule has 0 radical (unpaired) electrons. The van der Waals surface area contributed by atoms with E-state index in [2.05, 4.69) is 10.3 Å². The van der Waals surface area contributed by atoms with Crippen molar-refractivity contribution in [2.75, 3.05) is 32.2 Å². The maximum absolute atomic E-state index is 14.0. The number of aromatic nitrogens is 1. The van der Waals surface area contributed by atoms with E-state index >= 15 is 0 Å². The molecular formula is C34H32N4O9S. The normalized spacial score (nSPS) is 14.1. The minimum absolute atomic E-state index is 0.153. The summed E-state index contributed by atoms with van der Waals surface area (Å²) in [6.07, 6.45) is 1.68. The molecule has 1 atom stereocenters. The van der Waals surface area contributed by atoms with Crippen LogP contribution in [-0.4, -0.2) is 48.3 Å². The Morgan fingerprint density at radius 2 is 1.81 bits per heavy atom. The Labute approximate surface area is 278 Å². The number of thiazole rings is 1. The van der Waals surface area contributed by atoms with Crippen LogP contribution < -0.4 is 34.4 Å². The molecule has 248 valence electrons. The summed E-state index contributed by atoms with van der Waals surface area (Å²) in [7, 11) is 1.44. The van der Waals surface area contributed by atoms with Gasteiger partial charge in [0.15, 0.2) is 22.9 Å². The summed E-state index contributed by atoms with van der Waals surface area (Å²) in [5, 5.41) is 13.6. The Hall–Kier alpha value is -5.76. The van der Waals surface area contributed by atoms with Crippen molar-refractivity contribution in [3.05, 3.63) is 119 Å². The number of amides is 1. The Balaban J connectivity index is 1.43. The minimum atomic E-state index is -0.767. The number of fused-ring (bicyclic) bond motifs is 1. The lowest BCUT2D eigenvalue weighted by Gasteiger charge is -2.24. The van der Waals surface area contributed by atoms with E-state index in [1.54, 1.807) is 50.3 Å². The van der Waals surface area contributed by atoms with Gasteiger partial charge in [0.25, 0.3) is 17.2 Å². The Kier molecular flexibility index (Phi) is 10.3. The van der Waals surface area contributed by atoms with Crippen LogP contribution in [0.4, 0.5) is 11.4 Å². The Morgan fingerprint density at radius 1 is 1.04 bits per heavy atom. The third-order valence-corrected chi connectivity index (χ3v) is 8.19. The number of ether oxygens (including phenoxy) is 4. The van der Waals surface area contributed by atoms with Gasteiger partial charge in [-0.1, -0.05) is 35.6 Å². The summed E-state index contributed by atoms with van der Waals surface area (Å²) < 4.78 is 24.0. The van der Waals surface area contributed by atoms with Crippen molar-refractivity contribution in [1.29, 1.82) is 0 Å². The summed E-state index contributed by atoms with van der Waals surface area (Å²) in [5.41, 5.74) is 1.81. The van der Waals surface area contributed by atoms with Crippen molar-refractivity contribution in [2.45, 2.75) is 26.8 Å². The molecule has 5 rings (SSSR count). The standard InChI is InChI=1S/C34H32N4O9S/c1-5-45-25-13-11-22(12-14-25)31-30(33(41)46-6-2)20(3)35-34-37(31)32(40)28(48-34)17-21-10-15-26(27(16-21)44-4)47-19-29(39)36-23-8-7-9-24(18-23)38(42)43/h7-18,31H,5-6,19H2,1-4H3,(H,36,39)/b28-17+/t31-/m1/s1. The second-order valence-corrected chi connectivity index (χ2v) is 11.4. The maximum Gasteiger partial charge on any atom is 0.338 e. The quantitative estimate of drug-likeness (QED) is 0.133. The first kappa shape index (κ1) is 33.6. The molecular weight excluding hydrogens is 640 g/mol. The first-order chi connectivity index (χ1) is 23.1. The van der Waals surface area contributed by atoms with Crippen LogP contribution >= 0.6 is 11.3 Å². The molecule has 3 aromatic carbocycles. The first-order valence-corrected chi connectivity index (χ1v) is 15.7. The Morgan fingerprint density at radius 3 is 2.50 bits per heavy atom. The van der Waals surface area contributed by atoms with Crippen LogP contribution in [0.3, 0.4) is 0 Å². The van der Waals surface area contributed by atoms with Gasteiger partial charge in [-0.15, -0.1) is 0 Å². The van der Waals surface area contributed by atoms with Crippen molar-refractivity contribution in [3.8, 4) is 17.2 Å². The highest BCUT2D eigenvalue weighted by atomic mass is 32.1. The van der Waals surface area contributed by atoms with E-state index in [1.165, 1.54) is 47.3 Å². The fourth-order valence-electron chi connectivity index (χ4n) is 5.10. The predicted octanol–water partition coefficient (Wildman–Crippen LogP) is 4.13. The minimum Gasteiger partial charge on any atom is -0.494 e. The summed E-state index contributed by atoms with van der Waals surface area (Å²) in [5.74, 6) is 0.174. The van der Waals surface area contributed by atoms with Crippen molar-refractivity contribution in [1.82, 2.24) is 4.57 Å². The van der Waals surface area contributed by atoms with Gasteiger partial charge in [0.05, 0.1) is 47.1 Å². The largest absolute Gasteiger partial charge is 0.494 e. The lowest BCUT2D eigenvalue weighted by molar-refractivity contribution is -0.384. The van der Waals surface area contributed by atoms with Gasteiger partial charge in [-0.2, -0.15) is 0 Å². The molecule has 1 aliphatic heterocycles. The number of nitrogens with one attached hydrogen (secondary N) is 1. The third kappa shape index (κ3) is 7.28. The fraction of sp³-hybridized carbons (Fsp3) is 0.235. The molecule has 4 aromatic rings. The molecule has 1 N–H and O–H groups in total. The second kappa shape index (κ2) is 14.8. The summed E-state index contributed by atoms with van der Waals surface area (Å²) in [6, 6.07) is 17.0. The topological polar surface area (TPSA) is 161 Å². The third-order valence-electron chi connectivity index (χ3n) is 7.21. The predicted molar refractivity (Wildman–Crippen MR) is 178 cm³/mol. The van der Waals surface area contributed by atoms with Crippen molar-refractivity contribution >= 4 is 40.7 Å². The number of non-ortho nitro benzene ring substituents is 1. The van der Waals surface area contributed by atoms with Gasteiger partial charge < -0.3 is 24.3 Å². The lowest BCUT2D eigenvalue weighted by atomic mass is 9.96. The van der Waals surface area contributed by atoms with E-state index in [4.69, 9.17) is 18.9 Å². The molecule has 1 aliphatic rings. The van der Waals surface area contributed by atoms with Gasteiger partial charge in [0.1, 0.15) is 5.75 Å². The number of nitro benzene ring substituents is 1. The SMILES string of the molecule is CCOC(=O)C1=C(C)N=c2s/c(=C/c3ccc(OCC(=O)Nc4cccc([N+](=O)[O-])c4)c(OC)c3)c(=O)n2[C@@H]1c1ccc(OCC)cc1. The van der Waals surface area contributed by atoms with E-state index in [1.807, 2.05) is 19.1 Å². The monoisotopic (exact) mass is 672 g/mol. The van der Waals surface area contributed by atoms with Gasteiger partial charge in [-0.25, -0.2) is 9.79 Å². The molecule has 1 amide bonds. The molecule has 0 saturated carbocycles. The number of nitrogens with zero attached hydrogens (tertiary/aromatic N) is 3. The highest BCUT2D eigenvalue weighted by Crippen LogP contribution is 2.32. The second-order valence-electron chi connectivity index (χ2n) is 10.4. The number of esters is 1. The average molecular weight is 673 g/mol. The van der Waals surface area contributed by atoms with Crippen LogP contribution in [0.15, 0.2) is 87.8 Å². The fourth-order valence-corrected chi connectivity index (χ4v) is 6.15. The molecule has 0 spiro atoms. The molecule has 1 aromatic heterocycles. The molecule has 14 heteroatoms. The highest BCUT2D eigenvalue weighted by molar-refractivity contribution is 7.07. The van der Waals surface area contributed by atoms with Gasteiger partial charge in [-0.3, -0.25) is 24.3 Å². The van der Waals surface area contributed by atoms with Crippen LogP contribution in [0.2, 0.25) is 0 Å². The number of hydrogen-bond donors (Lipinski definition) is 1. The number of allylic oxidation sites excluding steroid dienone is 1. The van der Waals surface area contributed by atoms with Gasteiger partial charge in [-0.05, 0) is 68.3 Å². The van der Waals surface area contributed by atoms with E-state index in [9.17, 15) is 24.5 Å². The van der Waals surface area contributed by atoms with E-state index in [-0.39, 0.29) is 41.5 Å². The number of carbonyl (C=O) groups excluding carboxylic acids is 2. The number of methoxy groups -OCH3 is 1. The molecule has 0 unspecified atom stereocenters. The molecule has 48 heavy (non-hydrogen) atoms. The average Bonchev–Trinajstić information content (AvgIpc) is 3.37. The van der Waals surface area contributed by atoms with Crippen LogP contribution in [0.25, 0.3) is 6.08 Å². The molecule has 0 aliphatic carbocycles. The zero-order valence-corrected chi connectivity index (χ0v) is 27.4. The lowest BCUT2D eigenvalue weighted by Crippen LogP contribution is -2.39. The highest BCUT2D eigenvalue weighted by Gasteiger charge is 2.33. The summed E-state index contributed by atoms with van der Waals surface area (Å²) in [6.45, 7) is 5.60. The number of rotatable bonds is 12. The van der Waals surface area contributed by atoms with Crippen molar-refractivity contribution in [3.63, 3.8) is 0 Å². The Bertz CT molecular complexity index is 2080. The zero-order chi connectivity index (χ0) is 34.4. The number of benzene rings is 3. The van der Waals surface area contributed by atoms with Crippen LogP contribution in [0.5, 0.6) is 17.2 Å². The molecule has 2 heterocycles. The van der Waals surface area contributed by atoms with Crippen LogP contribution in [0.1, 0.15) is 37.9 Å². The van der Waals surface area contributed by atoms with E-state index in [0.29, 0.717) is 44.3 Å². The first-order valence-electron chi connectivity index (χ1n) is 14.9. The number of carbonyl (C=O) groups is 2. The summed E-state index contributed by atoms with van der Waals surface area (Å²) >= 11 is 1.18. The van der Waals surface area contributed by atoms with Gasteiger partial charge >= 0.3 is 5.97 Å². The summed E-state index contributed by atoms with van der Waals surface area (Å²) in [4.78, 5) is 55.1. The van der Waals surface area contributed by atoms with Crippen molar-refractivity contribution < 1.29 is 33.5 Å². The number of nitro groups is 1. The maximum atomic E-state index is 14.0. The van der Waals surface area contributed by atoms with Crippen LogP contribution in [-0.2, 0) is 14.3 Å². The number of anilines is 1. The van der Waals surface area contributed by atoms with E-state index in [0.717, 1.165) is 0 Å². The smallest absolute Gasteiger partial charge is 0.338 e. The van der Waals surface area contributed by atoms with E-state index < -0.39 is 22.8 Å². The molecule has 0 saturated heterocycles. The molecule has 0 fully saturated rings.